The highest BCUT2D eigenvalue weighted by Gasteiger charge is 2.36. The first kappa shape index (κ1) is 21.3. The number of carbonyl (C=O) groups is 2. The second-order valence-corrected chi connectivity index (χ2v) is 10.3. The normalized spacial score (nSPS) is 16.3. The molecule has 1 fully saturated rings. The van der Waals surface area contributed by atoms with Crippen molar-refractivity contribution < 1.29 is 9.59 Å². The molecule has 5 rings (SSSR count). The van der Waals surface area contributed by atoms with Crippen LogP contribution >= 0.6 is 47.3 Å². The summed E-state index contributed by atoms with van der Waals surface area (Å²) < 4.78 is 0.372. The van der Waals surface area contributed by atoms with E-state index in [1.807, 2.05) is 60.7 Å². The summed E-state index contributed by atoms with van der Waals surface area (Å²) >= 11 is 14.2. The molecule has 8 heteroatoms. The molecule has 3 aromatic rings. The topological polar surface area (TPSA) is 40.6 Å². The Balaban J connectivity index is 1.43. The van der Waals surface area contributed by atoms with Crippen LogP contribution in [0.5, 0.6) is 0 Å². The van der Waals surface area contributed by atoms with E-state index in [0.29, 0.717) is 14.2 Å². The molecule has 0 radical (unpaired) electrons. The quantitative estimate of drug-likeness (QED) is 0.312. The SMILES string of the molecule is O=C1C(=Cc2ccc(Cl)cc2)SC(=S)N1CC(=O)N1c2ccccc2Sc2ccccc21. The fourth-order valence-electron chi connectivity index (χ4n) is 3.53. The third-order valence-corrected chi connectivity index (χ3v) is 7.78. The zero-order valence-electron chi connectivity index (χ0n) is 16.5. The molecule has 32 heavy (non-hydrogen) atoms. The maximum Gasteiger partial charge on any atom is 0.266 e. The monoisotopic (exact) mass is 494 g/mol. The molecule has 3 aromatic carbocycles. The summed E-state index contributed by atoms with van der Waals surface area (Å²) in [7, 11) is 0. The molecule has 2 heterocycles. The van der Waals surface area contributed by atoms with E-state index in [2.05, 4.69) is 0 Å². The number of thioether (sulfide) groups is 1. The smallest absolute Gasteiger partial charge is 0.266 e. The second-order valence-electron chi connectivity index (χ2n) is 7.09. The zero-order valence-corrected chi connectivity index (χ0v) is 19.7. The van der Waals surface area contributed by atoms with E-state index in [9.17, 15) is 9.59 Å². The van der Waals surface area contributed by atoms with Crippen LogP contribution in [0.15, 0.2) is 87.5 Å². The Hall–Kier alpha value is -2.58. The number of nitrogens with zero attached hydrogens (tertiary/aromatic N) is 2. The van der Waals surface area contributed by atoms with Gasteiger partial charge in [0.25, 0.3) is 11.8 Å². The van der Waals surface area contributed by atoms with Crippen LogP contribution in [0.4, 0.5) is 11.4 Å². The van der Waals surface area contributed by atoms with Gasteiger partial charge in [0.2, 0.25) is 0 Å². The standard InChI is InChI=1S/C24H15ClN2O2S3/c25-16-11-9-15(10-12-16)13-21-23(29)26(24(30)32-21)14-22(28)27-17-5-1-3-7-19(17)31-20-8-4-2-6-18(20)27/h1-13H,14H2. The molecule has 0 aliphatic carbocycles. The molecule has 0 aromatic heterocycles. The molecule has 4 nitrogen and oxygen atoms in total. The van der Waals surface area contributed by atoms with Gasteiger partial charge in [0.1, 0.15) is 10.9 Å². The first-order valence-corrected chi connectivity index (χ1v) is 12.1. The van der Waals surface area contributed by atoms with Gasteiger partial charge in [-0.3, -0.25) is 19.4 Å². The van der Waals surface area contributed by atoms with Gasteiger partial charge in [-0.1, -0.05) is 83.7 Å². The lowest BCUT2D eigenvalue weighted by atomic mass is 10.2. The summed E-state index contributed by atoms with van der Waals surface area (Å²) in [5.74, 6) is -0.481. The first-order valence-electron chi connectivity index (χ1n) is 9.71. The molecule has 2 aliphatic heterocycles. The highest BCUT2D eigenvalue weighted by atomic mass is 35.5. The largest absolute Gasteiger partial charge is 0.283 e. The van der Waals surface area contributed by atoms with Crippen molar-refractivity contribution in [2.45, 2.75) is 9.79 Å². The summed E-state index contributed by atoms with van der Waals surface area (Å²) in [4.78, 5) is 32.1. The van der Waals surface area contributed by atoms with E-state index in [4.69, 9.17) is 23.8 Å². The number of anilines is 2. The summed E-state index contributed by atoms with van der Waals surface area (Å²) in [6.45, 7) is -0.129. The maximum absolute atomic E-state index is 13.5. The number of thiocarbonyl (C=S) groups is 1. The fraction of sp³-hybridized carbons (Fsp3) is 0.0417. The van der Waals surface area contributed by atoms with E-state index in [-0.39, 0.29) is 18.4 Å². The summed E-state index contributed by atoms with van der Waals surface area (Å²) in [5, 5.41) is 0.626. The molecule has 2 aliphatic rings. The number of para-hydroxylation sites is 2. The lowest BCUT2D eigenvalue weighted by Crippen LogP contribution is -2.41. The number of halogens is 1. The number of fused-ring (bicyclic) bond motifs is 2. The van der Waals surface area contributed by atoms with Crippen LogP contribution in [0.1, 0.15) is 5.56 Å². The number of amides is 2. The number of hydrogen-bond acceptors (Lipinski definition) is 5. The van der Waals surface area contributed by atoms with Crippen LogP contribution in [-0.2, 0) is 9.59 Å². The van der Waals surface area contributed by atoms with E-state index < -0.39 is 0 Å². The van der Waals surface area contributed by atoms with Gasteiger partial charge >= 0.3 is 0 Å². The van der Waals surface area contributed by atoms with Gasteiger partial charge in [0.15, 0.2) is 0 Å². The van der Waals surface area contributed by atoms with Gasteiger partial charge in [0, 0.05) is 14.8 Å². The van der Waals surface area contributed by atoms with E-state index in [0.717, 1.165) is 26.7 Å². The summed E-state index contributed by atoms with van der Waals surface area (Å²) in [6.07, 6.45) is 1.77. The minimum atomic E-state index is -0.267. The van der Waals surface area contributed by atoms with E-state index in [1.54, 1.807) is 34.9 Å². The third-order valence-electron chi connectivity index (χ3n) is 5.02. The molecule has 1 saturated heterocycles. The Morgan fingerprint density at radius 1 is 0.906 bits per heavy atom. The molecule has 0 N–H and O–H groups in total. The Kier molecular flexibility index (Phi) is 5.82. The van der Waals surface area contributed by atoms with Crippen molar-refractivity contribution in [3.8, 4) is 0 Å². The Morgan fingerprint density at radius 3 is 2.12 bits per heavy atom. The number of hydrogen-bond donors (Lipinski definition) is 0. The molecule has 0 unspecified atom stereocenters. The molecule has 158 valence electrons. The van der Waals surface area contributed by atoms with Gasteiger partial charge in [-0.2, -0.15) is 0 Å². The van der Waals surface area contributed by atoms with Crippen molar-refractivity contribution in [1.29, 1.82) is 0 Å². The first-order chi connectivity index (χ1) is 15.5. The maximum atomic E-state index is 13.5. The average molecular weight is 495 g/mol. The predicted octanol–water partition coefficient (Wildman–Crippen LogP) is 6.37. The van der Waals surface area contributed by atoms with Crippen LogP contribution in [0.25, 0.3) is 6.08 Å². The third kappa shape index (κ3) is 3.97. The van der Waals surface area contributed by atoms with Crippen molar-refractivity contribution in [2.24, 2.45) is 0 Å². The zero-order chi connectivity index (χ0) is 22.2. The van der Waals surface area contributed by atoms with Gasteiger partial charge in [-0.05, 0) is 48.0 Å². The van der Waals surface area contributed by atoms with Crippen molar-refractivity contribution in [1.82, 2.24) is 4.90 Å². The van der Waals surface area contributed by atoms with Crippen LogP contribution in [0, 0.1) is 0 Å². The van der Waals surface area contributed by atoms with Crippen molar-refractivity contribution >= 4 is 80.9 Å². The Labute approximate surface area is 204 Å². The summed E-state index contributed by atoms with van der Waals surface area (Å²) in [6, 6.07) is 22.7. The highest BCUT2D eigenvalue weighted by molar-refractivity contribution is 8.26. The van der Waals surface area contributed by atoms with E-state index >= 15 is 0 Å². The Bertz CT molecular complexity index is 1240. The number of rotatable bonds is 3. The van der Waals surface area contributed by atoms with Crippen molar-refractivity contribution in [3.63, 3.8) is 0 Å². The number of carbonyl (C=O) groups excluding carboxylic acids is 2. The molecule has 0 saturated carbocycles. The molecule has 0 spiro atoms. The van der Waals surface area contributed by atoms with Crippen molar-refractivity contribution in [3.05, 3.63) is 88.3 Å². The van der Waals surface area contributed by atoms with Gasteiger partial charge in [0.05, 0.1) is 16.3 Å². The second kappa shape index (κ2) is 8.75. The molecular formula is C24H15ClN2O2S3. The fourth-order valence-corrected chi connectivity index (χ4v) is 5.96. The van der Waals surface area contributed by atoms with Crippen LogP contribution in [0.3, 0.4) is 0 Å². The average Bonchev–Trinajstić information content (AvgIpc) is 3.06. The lowest BCUT2D eigenvalue weighted by molar-refractivity contribution is -0.127. The van der Waals surface area contributed by atoms with Gasteiger partial charge in [-0.15, -0.1) is 0 Å². The number of benzene rings is 3. The van der Waals surface area contributed by atoms with E-state index in [1.165, 1.54) is 16.7 Å². The molecule has 0 bridgehead atoms. The summed E-state index contributed by atoms with van der Waals surface area (Å²) in [5.41, 5.74) is 2.46. The van der Waals surface area contributed by atoms with Crippen molar-refractivity contribution in [2.75, 3.05) is 11.4 Å². The van der Waals surface area contributed by atoms with Gasteiger partial charge in [-0.25, -0.2) is 0 Å². The lowest BCUT2D eigenvalue weighted by Gasteiger charge is -2.32. The van der Waals surface area contributed by atoms with Crippen LogP contribution < -0.4 is 4.90 Å². The van der Waals surface area contributed by atoms with Crippen LogP contribution in [0.2, 0.25) is 5.02 Å². The predicted molar refractivity (Wildman–Crippen MR) is 135 cm³/mol. The molecular weight excluding hydrogens is 480 g/mol. The minimum Gasteiger partial charge on any atom is -0.283 e. The molecule has 0 atom stereocenters. The van der Waals surface area contributed by atoms with Gasteiger partial charge < -0.3 is 0 Å². The molecule has 2 amide bonds. The van der Waals surface area contributed by atoms with Crippen LogP contribution in [-0.4, -0.2) is 27.6 Å². The highest BCUT2D eigenvalue weighted by Crippen LogP contribution is 2.48. The Morgan fingerprint density at radius 2 is 1.50 bits per heavy atom. The minimum absolute atomic E-state index is 0.129.